The van der Waals surface area contributed by atoms with Crippen LogP contribution in [0, 0.1) is 0 Å². The van der Waals surface area contributed by atoms with Gasteiger partial charge in [0.2, 0.25) is 5.91 Å². The van der Waals surface area contributed by atoms with Gasteiger partial charge in [-0.15, -0.1) is 0 Å². The molecular weight excluding hydrogens is 332 g/mol. The number of cyclic esters (lactones) is 1. The van der Waals surface area contributed by atoms with Crippen molar-refractivity contribution in [2.24, 2.45) is 0 Å². The highest BCUT2D eigenvalue weighted by atomic mass is 16.5. The molecule has 4 rings (SSSR count). The minimum atomic E-state index is -0.378. The van der Waals surface area contributed by atoms with Crippen molar-refractivity contribution in [3.63, 3.8) is 0 Å². The second kappa shape index (κ2) is 6.63. The minimum Gasteiger partial charge on any atom is -0.454 e. The quantitative estimate of drug-likeness (QED) is 0.837. The summed E-state index contributed by atoms with van der Waals surface area (Å²) in [7, 11) is 0. The van der Waals surface area contributed by atoms with E-state index in [1.54, 1.807) is 18.2 Å². The number of fused-ring (bicyclic) bond motifs is 1. The lowest BCUT2D eigenvalue weighted by Gasteiger charge is -2.28. The number of hydrogen-bond acceptors (Lipinski definition) is 4. The molecule has 6 heteroatoms. The number of piperazine rings is 1. The first-order valence-corrected chi connectivity index (χ1v) is 8.56. The molecule has 26 heavy (non-hydrogen) atoms. The smallest absolute Gasteiger partial charge is 0.339 e. The lowest BCUT2D eigenvalue weighted by atomic mass is 9.93. The topological polar surface area (TPSA) is 75.7 Å². The number of nitrogens with zero attached hydrogens (tertiary/aromatic N) is 1. The summed E-state index contributed by atoms with van der Waals surface area (Å²) >= 11 is 0. The molecule has 6 nitrogen and oxygen atoms in total. The Morgan fingerprint density at radius 2 is 1.92 bits per heavy atom. The summed E-state index contributed by atoms with van der Waals surface area (Å²) < 4.78 is 5.54. The summed E-state index contributed by atoms with van der Waals surface area (Å²) in [6.45, 7) is 0.999. The zero-order chi connectivity index (χ0) is 18.1. The third-order valence-corrected chi connectivity index (χ3v) is 4.72. The van der Waals surface area contributed by atoms with Crippen molar-refractivity contribution in [1.29, 1.82) is 0 Å². The summed E-state index contributed by atoms with van der Waals surface area (Å²) in [6.07, 6.45) is 0.162. The second-order valence-electron chi connectivity index (χ2n) is 6.46. The van der Waals surface area contributed by atoms with Crippen LogP contribution in [0.3, 0.4) is 0 Å². The summed E-state index contributed by atoms with van der Waals surface area (Å²) in [5.41, 5.74) is 2.70. The summed E-state index contributed by atoms with van der Waals surface area (Å²) in [5.74, 6) is -0.732. The van der Waals surface area contributed by atoms with Gasteiger partial charge in [-0.3, -0.25) is 9.59 Å². The van der Waals surface area contributed by atoms with E-state index in [9.17, 15) is 14.4 Å². The number of carbonyl (C=O) groups excluding carboxylic acids is 3. The number of hydrogen-bond donors (Lipinski definition) is 1. The van der Waals surface area contributed by atoms with Gasteiger partial charge >= 0.3 is 5.97 Å². The Hall–Kier alpha value is -3.15. The molecule has 1 atom stereocenters. The molecule has 1 fully saturated rings. The van der Waals surface area contributed by atoms with Crippen LogP contribution in [0.2, 0.25) is 0 Å². The van der Waals surface area contributed by atoms with Gasteiger partial charge < -0.3 is 15.0 Å². The maximum absolute atomic E-state index is 12.7. The fourth-order valence-corrected chi connectivity index (χ4v) is 3.38. The summed E-state index contributed by atoms with van der Waals surface area (Å²) in [5, 5.41) is 2.70. The molecule has 0 radical (unpaired) electrons. The molecule has 0 bridgehead atoms. The first-order chi connectivity index (χ1) is 12.6. The highest BCUT2D eigenvalue weighted by Gasteiger charge is 2.29. The van der Waals surface area contributed by atoms with Crippen LogP contribution in [0.4, 0.5) is 0 Å². The normalized spacial score (nSPS) is 19.4. The van der Waals surface area contributed by atoms with Gasteiger partial charge in [-0.1, -0.05) is 30.3 Å². The Kier molecular flexibility index (Phi) is 4.16. The summed E-state index contributed by atoms with van der Waals surface area (Å²) in [6, 6.07) is 14.6. The van der Waals surface area contributed by atoms with Crippen molar-refractivity contribution < 1.29 is 19.1 Å². The number of ether oxygens (including phenoxy) is 1. The Labute approximate surface area is 150 Å². The van der Waals surface area contributed by atoms with Crippen molar-refractivity contribution in [2.45, 2.75) is 12.5 Å². The van der Waals surface area contributed by atoms with Gasteiger partial charge in [0.05, 0.1) is 12.1 Å². The monoisotopic (exact) mass is 350 g/mol. The van der Waals surface area contributed by atoms with E-state index < -0.39 is 0 Å². The molecule has 1 N–H and O–H groups in total. The fourth-order valence-electron chi connectivity index (χ4n) is 3.38. The molecule has 1 saturated heterocycles. The van der Waals surface area contributed by atoms with E-state index in [0.717, 1.165) is 11.1 Å². The second-order valence-corrected chi connectivity index (χ2v) is 6.46. The summed E-state index contributed by atoms with van der Waals surface area (Å²) in [4.78, 5) is 38.1. The van der Waals surface area contributed by atoms with Crippen LogP contribution in [0.25, 0.3) is 0 Å². The third-order valence-electron chi connectivity index (χ3n) is 4.72. The molecule has 0 aliphatic carbocycles. The predicted octanol–water partition coefficient (Wildman–Crippen LogP) is 1.71. The van der Waals surface area contributed by atoms with E-state index in [4.69, 9.17) is 4.74 Å². The molecule has 2 amide bonds. The van der Waals surface area contributed by atoms with Gasteiger partial charge in [0.15, 0.2) is 0 Å². The van der Waals surface area contributed by atoms with Gasteiger partial charge in [0, 0.05) is 25.1 Å². The van der Waals surface area contributed by atoms with E-state index in [2.05, 4.69) is 5.32 Å². The number of benzene rings is 2. The predicted molar refractivity (Wildman–Crippen MR) is 93.7 cm³/mol. The number of amides is 2. The van der Waals surface area contributed by atoms with Crippen LogP contribution in [-0.4, -0.2) is 42.3 Å². The van der Waals surface area contributed by atoms with Crippen molar-refractivity contribution >= 4 is 17.8 Å². The minimum absolute atomic E-state index is 0.0601. The van der Waals surface area contributed by atoms with Crippen LogP contribution in [-0.2, 0) is 16.0 Å². The van der Waals surface area contributed by atoms with E-state index in [-0.39, 0.29) is 30.4 Å². The molecule has 2 aromatic carbocycles. The SMILES string of the molecule is O=C1CN(C(=O)c2ccc3c(c2)C[C@H](c2ccccc2)OC3=O)CCN1. The third kappa shape index (κ3) is 3.06. The van der Waals surface area contributed by atoms with E-state index in [1.807, 2.05) is 30.3 Å². The van der Waals surface area contributed by atoms with Gasteiger partial charge in [-0.2, -0.15) is 0 Å². The van der Waals surface area contributed by atoms with Crippen molar-refractivity contribution in [1.82, 2.24) is 10.2 Å². The van der Waals surface area contributed by atoms with Crippen molar-refractivity contribution in [3.05, 3.63) is 70.8 Å². The molecular formula is C20H18N2O4. The zero-order valence-corrected chi connectivity index (χ0v) is 14.1. The van der Waals surface area contributed by atoms with Crippen molar-refractivity contribution in [2.75, 3.05) is 19.6 Å². The highest BCUT2D eigenvalue weighted by Crippen LogP contribution is 2.31. The number of carbonyl (C=O) groups is 3. The van der Waals surface area contributed by atoms with Crippen LogP contribution in [0.5, 0.6) is 0 Å². The van der Waals surface area contributed by atoms with Gasteiger partial charge in [0.25, 0.3) is 5.91 Å². The Bertz CT molecular complexity index is 879. The van der Waals surface area contributed by atoms with Gasteiger partial charge in [-0.25, -0.2) is 4.79 Å². The van der Waals surface area contributed by atoms with Gasteiger partial charge in [0.1, 0.15) is 6.10 Å². The molecule has 2 aromatic rings. The maximum atomic E-state index is 12.7. The molecule has 0 spiro atoms. The standard InChI is InChI=1S/C20H18N2O4/c23-18-12-22(9-8-21-18)19(24)14-6-7-16-15(10-14)11-17(26-20(16)25)13-4-2-1-3-5-13/h1-7,10,17H,8-9,11-12H2,(H,21,23)/t17-/m1/s1. The fraction of sp³-hybridized carbons (Fsp3) is 0.250. The van der Waals surface area contributed by atoms with E-state index in [1.165, 1.54) is 4.90 Å². The van der Waals surface area contributed by atoms with E-state index in [0.29, 0.717) is 30.6 Å². The number of esters is 1. The number of nitrogens with one attached hydrogen (secondary N) is 1. The van der Waals surface area contributed by atoms with Crippen molar-refractivity contribution in [3.8, 4) is 0 Å². The number of rotatable bonds is 2. The van der Waals surface area contributed by atoms with Gasteiger partial charge in [-0.05, 0) is 29.3 Å². The Morgan fingerprint density at radius 3 is 2.69 bits per heavy atom. The molecule has 132 valence electrons. The average Bonchev–Trinajstić information content (AvgIpc) is 2.67. The largest absolute Gasteiger partial charge is 0.454 e. The maximum Gasteiger partial charge on any atom is 0.339 e. The Morgan fingerprint density at radius 1 is 1.12 bits per heavy atom. The lowest BCUT2D eigenvalue weighted by Crippen LogP contribution is -2.50. The Balaban J connectivity index is 1.61. The van der Waals surface area contributed by atoms with Crippen LogP contribution in [0.15, 0.2) is 48.5 Å². The highest BCUT2D eigenvalue weighted by molar-refractivity contribution is 5.99. The first-order valence-electron chi connectivity index (χ1n) is 8.56. The van der Waals surface area contributed by atoms with Crippen LogP contribution < -0.4 is 5.32 Å². The van der Waals surface area contributed by atoms with Crippen LogP contribution in [0.1, 0.15) is 37.9 Å². The van der Waals surface area contributed by atoms with E-state index >= 15 is 0 Å². The molecule has 0 saturated carbocycles. The molecule has 0 aromatic heterocycles. The molecule has 2 heterocycles. The lowest BCUT2D eigenvalue weighted by molar-refractivity contribution is -0.123. The molecule has 0 unspecified atom stereocenters. The van der Waals surface area contributed by atoms with Crippen LogP contribution >= 0.6 is 0 Å². The first kappa shape index (κ1) is 16.3. The molecule has 2 aliphatic rings. The molecule has 2 aliphatic heterocycles. The zero-order valence-electron chi connectivity index (χ0n) is 14.1. The average molecular weight is 350 g/mol.